The van der Waals surface area contributed by atoms with Crippen LogP contribution in [0.15, 0.2) is 23.5 Å². The molecule has 4 rings (SSSR count). The van der Waals surface area contributed by atoms with Crippen LogP contribution in [0, 0.1) is 11.3 Å². The summed E-state index contributed by atoms with van der Waals surface area (Å²) in [5.41, 5.74) is -0.153. The van der Waals surface area contributed by atoms with Crippen molar-refractivity contribution < 1.29 is 19.3 Å². The van der Waals surface area contributed by atoms with E-state index >= 15 is 0 Å². The zero-order valence-electron chi connectivity index (χ0n) is 16.1. The van der Waals surface area contributed by atoms with Gasteiger partial charge >= 0.3 is 0 Å². The van der Waals surface area contributed by atoms with Crippen molar-refractivity contribution in [1.29, 1.82) is 5.26 Å². The Hall–Kier alpha value is -2.58. The number of nitrogens with zero attached hydrogens (tertiary/aromatic N) is 6. The smallest absolute Gasteiger partial charge is 0.206 e. The fourth-order valence-electron chi connectivity index (χ4n) is 3.64. The number of aliphatic hydroxyl groups excluding tert-OH is 1. The molecule has 0 bridgehead atoms. The van der Waals surface area contributed by atoms with Crippen LogP contribution in [-0.4, -0.2) is 75.2 Å². The summed E-state index contributed by atoms with van der Waals surface area (Å²) in [7, 11) is 3.74. The number of aliphatic hydroxyl groups is 1. The Morgan fingerprint density at radius 2 is 2.14 bits per heavy atom. The van der Waals surface area contributed by atoms with Gasteiger partial charge < -0.3 is 24.2 Å². The topological polar surface area (TPSA) is 118 Å². The minimum Gasteiger partial charge on any atom is -0.392 e. The van der Waals surface area contributed by atoms with Crippen LogP contribution in [0.25, 0.3) is 5.52 Å². The summed E-state index contributed by atoms with van der Waals surface area (Å²) in [4.78, 5) is 10.4. The Morgan fingerprint density at radius 3 is 2.82 bits per heavy atom. The maximum atomic E-state index is 9.89. The van der Waals surface area contributed by atoms with Gasteiger partial charge in [0.15, 0.2) is 11.6 Å². The first-order valence-electron chi connectivity index (χ1n) is 8.89. The highest BCUT2D eigenvalue weighted by Crippen LogP contribution is 2.49. The summed E-state index contributed by atoms with van der Waals surface area (Å²) in [5, 5.41) is 23.9. The normalized spacial score (nSPS) is 31.4. The molecule has 28 heavy (non-hydrogen) atoms. The van der Waals surface area contributed by atoms with Crippen molar-refractivity contribution in [1.82, 2.24) is 19.5 Å². The fourth-order valence-corrected chi connectivity index (χ4v) is 3.64. The standard InChI is InChI=1S/C18H22N6O4/c1-17(2)26-14-13(27-18(7-19,8-25)15(14)28-17)11-5-6-12-16(21-10-23(3)4)20-9-22-24(11)12/h5-6,9-10,13-15,25H,8H2,1-4H3/b21-10-/t13-,14-,15-,18+/m0/s1. The lowest BCUT2D eigenvalue weighted by molar-refractivity contribution is -0.205. The van der Waals surface area contributed by atoms with Gasteiger partial charge in [0.05, 0.1) is 18.6 Å². The van der Waals surface area contributed by atoms with E-state index in [1.165, 1.54) is 6.33 Å². The average molecular weight is 386 g/mol. The zero-order valence-corrected chi connectivity index (χ0v) is 16.1. The molecule has 1 N–H and O–H groups in total. The molecule has 2 saturated heterocycles. The quantitative estimate of drug-likeness (QED) is 0.606. The number of hydrogen-bond acceptors (Lipinski definition) is 8. The summed E-state index contributed by atoms with van der Waals surface area (Å²) in [6, 6.07) is 5.74. The maximum Gasteiger partial charge on any atom is 0.206 e. The number of rotatable bonds is 4. The Balaban J connectivity index is 1.78. The first kappa shape index (κ1) is 18.8. The molecular formula is C18H22N6O4. The average Bonchev–Trinajstić information content (AvgIpc) is 3.30. The van der Waals surface area contributed by atoms with Crippen molar-refractivity contribution >= 4 is 17.7 Å². The number of nitriles is 1. The molecule has 10 nitrogen and oxygen atoms in total. The molecule has 0 radical (unpaired) electrons. The molecule has 2 aliphatic heterocycles. The van der Waals surface area contributed by atoms with E-state index in [0.717, 1.165) is 0 Å². The predicted molar refractivity (Wildman–Crippen MR) is 97.9 cm³/mol. The van der Waals surface area contributed by atoms with E-state index in [0.29, 0.717) is 17.0 Å². The lowest BCUT2D eigenvalue weighted by atomic mass is 9.96. The SMILES string of the molecule is CN(C)/C=N\c1ncnn2c([C@@H]3O[C@](C#N)(CO)[C@H]4OC(C)(C)O[C@@H]34)ccc12. The molecule has 0 saturated carbocycles. The van der Waals surface area contributed by atoms with Crippen molar-refractivity contribution in [2.45, 2.75) is 43.5 Å². The Bertz CT molecular complexity index is 965. The Morgan fingerprint density at radius 1 is 1.36 bits per heavy atom. The van der Waals surface area contributed by atoms with Gasteiger partial charge in [0.25, 0.3) is 0 Å². The van der Waals surface area contributed by atoms with Gasteiger partial charge in [0.2, 0.25) is 5.60 Å². The Kier molecular flexibility index (Phi) is 4.35. The molecule has 0 unspecified atom stereocenters. The van der Waals surface area contributed by atoms with Crippen LogP contribution < -0.4 is 0 Å². The molecule has 2 aromatic heterocycles. The van der Waals surface area contributed by atoms with Crippen LogP contribution in [0.2, 0.25) is 0 Å². The van der Waals surface area contributed by atoms with Crippen LogP contribution >= 0.6 is 0 Å². The molecule has 10 heteroatoms. The number of aliphatic imine (C=N–C) groups is 1. The van der Waals surface area contributed by atoms with E-state index in [2.05, 4.69) is 21.1 Å². The third kappa shape index (κ3) is 2.84. The minimum absolute atomic E-state index is 0.502. The highest BCUT2D eigenvalue weighted by atomic mass is 16.8. The lowest BCUT2D eigenvalue weighted by Crippen LogP contribution is -2.45. The van der Waals surface area contributed by atoms with Crippen molar-refractivity contribution in [2.24, 2.45) is 4.99 Å². The molecular weight excluding hydrogens is 364 g/mol. The summed E-state index contributed by atoms with van der Waals surface area (Å²) < 4.78 is 19.6. The van der Waals surface area contributed by atoms with Crippen molar-refractivity contribution in [2.75, 3.05) is 20.7 Å². The van der Waals surface area contributed by atoms with Gasteiger partial charge in [-0.05, 0) is 26.0 Å². The third-order valence-electron chi connectivity index (χ3n) is 4.81. The summed E-state index contributed by atoms with van der Waals surface area (Å²) in [6.07, 6.45) is 1.12. The predicted octanol–water partition coefficient (Wildman–Crippen LogP) is 0.797. The van der Waals surface area contributed by atoms with E-state index in [1.54, 1.807) is 29.6 Å². The van der Waals surface area contributed by atoms with E-state index in [1.807, 2.05) is 26.2 Å². The molecule has 0 aliphatic carbocycles. The summed E-state index contributed by atoms with van der Waals surface area (Å²) in [6.45, 7) is 3.04. The number of ether oxygens (including phenoxy) is 3. The molecule has 0 aromatic carbocycles. The zero-order chi connectivity index (χ0) is 20.1. The van der Waals surface area contributed by atoms with E-state index < -0.39 is 36.3 Å². The van der Waals surface area contributed by atoms with E-state index in [9.17, 15) is 10.4 Å². The summed E-state index contributed by atoms with van der Waals surface area (Å²) >= 11 is 0. The lowest BCUT2D eigenvalue weighted by Gasteiger charge is -2.27. The van der Waals surface area contributed by atoms with Crippen LogP contribution in [-0.2, 0) is 14.2 Å². The minimum atomic E-state index is -1.51. The van der Waals surface area contributed by atoms with Crippen molar-refractivity contribution in [3.63, 3.8) is 0 Å². The van der Waals surface area contributed by atoms with Gasteiger partial charge in [-0.2, -0.15) is 10.4 Å². The number of hydrogen-bond donors (Lipinski definition) is 1. The molecule has 2 fully saturated rings. The largest absolute Gasteiger partial charge is 0.392 e. The third-order valence-corrected chi connectivity index (χ3v) is 4.81. The molecule has 0 spiro atoms. The Labute approximate surface area is 162 Å². The number of aromatic nitrogens is 3. The van der Waals surface area contributed by atoms with Gasteiger partial charge in [-0.25, -0.2) is 14.5 Å². The number of fused-ring (bicyclic) bond motifs is 2. The van der Waals surface area contributed by atoms with E-state index in [4.69, 9.17) is 14.2 Å². The van der Waals surface area contributed by atoms with Gasteiger partial charge in [-0.15, -0.1) is 0 Å². The molecule has 2 aromatic rings. The van der Waals surface area contributed by atoms with Crippen LogP contribution in [0.4, 0.5) is 5.82 Å². The van der Waals surface area contributed by atoms with Gasteiger partial charge in [-0.3, -0.25) is 0 Å². The second kappa shape index (κ2) is 6.49. The molecule has 4 atom stereocenters. The van der Waals surface area contributed by atoms with E-state index in [-0.39, 0.29) is 0 Å². The van der Waals surface area contributed by atoms with Crippen molar-refractivity contribution in [3.8, 4) is 6.07 Å². The fraction of sp³-hybridized carbons (Fsp3) is 0.556. The van der Waals surface area contributed by atoms with Crippen LogP contribution in [0.3, 0.4) is 0 Å². The molecule has 4 heterocycles. The van der Waals surface area contributed by atoms with Gasteiger partial charge in [0, 0.05) is 14.1 Å². The molecule has 0 amide bonds. The van der Waals surface area contributed by atoms with Crippen LogP contribution in [0.5, 0.6) is 0 Å². The van der Waals surface area contributed by atoms with Gasteiger partial charge in [-0.1, -0.05) is 0 Å². The van der Waals surface area contributed by atoms with Crippen LogP contribution in [0.1, 0.15) is 25.6 Å². The molecule has 148 valence electrons. The second-order valence-corrected chi connectivity index (χ2v) is 7.57. The summed E-state index contributed by atoms with van der Waals surface area (Å²) in [5.74, 6) is -0.389. The second-order valence-electron chi connectivity index (χ2n) is 7.57. The van der Waals surface area contributed by atoms with Gasteiger partial charge in [0.1, 0.15) is 36.2 Å². The highest BCUT2D eigenvalue weighted by molar-refractivity contribution is 5.70. The molecule has 2 aliphatic rings. The first-order valence-corrected chi connectivity index (χ1v) is 8.89. The monoisotopic (exact) mass is 386 g/mol. The van der Waals surface area contributed by atoms with Crippen molar-refractivity contribution in [3.05, 3.63) is 24.2 Å². The highest BCUT2D eigenvalue weighted by Gasteiger charge is 2.64. The first-order chi connectivity index (χ1) is 13.3. The maximum absolute atomic E-state index is 9.89.